The van der Waals surface area contributed by atoms with E-state index >= 15 is 0 Å². The lowest BCUT2D eigenvalue weighted by atomic mass is 9.93. The van der Waals surface area contributed by atoms with Crippen LogP contribution < -0.4 is 10.2 Å². The van der Waals surface area contributed by atoms with Crippen LogP contribution in [0.2, 0.25) is 5.02 Å². The van der Waals surface area contributed by atoms with Crippen molar-refractivity contribution in [3.8, 4) is 0 Å². The van der Waals surface area contributed by atoms with Gasteiger partial charge in [0.15, 0.2) is 0 Å². The molecule has 1 atom stereocenters. The number of carboxylic acids is 1. The molecule has 6 nitrogen and oxygen atoms in total. The molecule has 0 unspecified atom stereocenters. The molecule has 0 bridgehead atoms. The minimum atomic E-state index is -0.880. The lowest BCUT2D eigenvalue weighted by Crippen LogP contribution is -2.32. The SMILES string of the molecule is Cc1c(N2CC=CCC2)nc2ccc(Br)cc2c1C(=O)NC[C@@H](CCC(=O)O)c1ccccc1Cl. The van der Waals surface area contributed by atoms with Crippen LogP contribution >= 0.6 is 27.5 Å². The quantitative estimate of drug-likeness (QED) is 0.328. The number of hydrogen-bond donors (Lipinski definition) is 2. The second-order valence-electron chi connectivity index (χ2n) is 8.66. The zero-order valence-electron chi connectivity index (χ0n) is 19.4. The summed E-state index contributed by atoms with van der Waals surface area (Å²) in [6, 6.07) is 13.1. The first-order valence-corrected chi connectivity index (χ1v) is 12.8. The highest BCUT2D eigenvalue weighted by Crippen LogP contribution is 2.32. The molecule has 35 heavy (non-hydrogen) atoms. The van der Waals surface area contributed by atoms with E-state index in [2.05, 4.69) is 38.3 Å². The van der Waals surface area contributed by atoms with Crippen molar-refractivity contribution >= 4 is 56.1 Å². The first kappa shape index (κ1) is 25.2. The van der Waals surface area contributed by atoms with Gasteiger partial charge in [0.05, 0.1) is 11.1 Å². The predicted molar refractivity (Wildman–Crippen MR) is 144 cm³/mol. The van der Waals surface area contributed by atoms with E-state index in [1.807, 2.05) is 43.3 Å². The van der Waals surface area contributed by atoms with Crippen LogP contribution in [0.25, 0.3) is 10.9 Å². The standard InChI is InChI=1S/C27H27BrClN3O3/c1-17-25(21-15-19(28)10-11-23(21)31-26(17)32-13-5-2-6-14-32)27(35)30-16-18(9-12-24(33)34)20-7-3-4-8-22(20)29/h2-5,7-8,10-11,15,18H,6,9,12-14,16H2,1H3,(H,30,35)(H,33,34)/t18-/m1/s1. The number of pyridine rings is 1. The number of amides is 1. The van der Waals surface area contributed by atoms with Gasteiger partial charge in [-0.2, -0.15) is 0 Å². The molecule has 1 aromatic heterocycles. The summed E-state index contributed by atoms with van der Waals surface area (Å²) in [5.41, 5.74) is 2.98. The fourth-order valence-electron chi connectivity index (χ4n) is 4.53. The van der Waals surface area contributed by atoms with Crippen LogP contribution in [0.1, 0.15) is 46.7 Å². The molecule has 182 valence electrons. The number of halogens is 2. The van der Waals surface area contributed by atoms with E-state index in [1.165, 1.54) is 0 Å². The maximum Gasteiger partial charge on any atom is 0.303 e. The number of hydrogen-bond acceptors (Lipinski definition) is 4. The minimum absolute atomic E-state index is 0.0114. The number of aromatic nitrogens is 1. The molecule has 2 aromatic carbocycles. The van der Waals surface area contributed by atoms with Crippen LogP contribution in [0.4, 0.5) is 5.82 Å². The molecule has 1 amide bonds. The molecule has 4 rings (SSSR count). The van der Waals surface area contributed by atoms with Crippen molar-refractivity contribution in [1.82, 2.24) is 10.3 Å². The maximum absolute atomic E-state index is 13.6. The van der Waals surface area contributed by atoms with Crippen molar-refractivity contribution in [2.45, 2.75) is 32.1 Å². The third-order valence-corrected chi connectivity index (χ3v) is 7.15. The summed E-state index contributed by atoms with van der Waals surface area (Å²) in [5, 5.41) is 13.6. The van der Waals surface area contributed by atoms with Gasteiger partial charge in [-0.25, -0.2) is 4.98 Å². The summed E-state index contributed by atoms with van der Waals surface area (Å²) in [4.78, 5) is 32.0. The third kappa shape index (κ3) is 5.85. The number of carboxylic acid groups (broad SMARTS) is 1. The Morgan fingerprint density at radius 3 is 2.74 bits per heavy atom. The first-order chi connectivity index (χ1) is 16.8. The topological polar surface area (TPSA) is 82.5 Å². The number of nitrogens with one attached hydrogen (secondary N) is 1. The predicted octanol–water partition coefficient (Wildman–Crippen LogP) is 6.10. The summed E-state index contributed by atoms with van der Waals surface area (Å²) in [7, 11) is 0. The van der Waals surface area contributed by atoms with Gasteiger partial charge in [0.25, 0.3) is 5.91 Å². The summed E-state index contributed by atoms with van der Waals surface area (Å²) in [6.07, 6.45) is 5.56. The monoisotopic (exact) mass is 555 g/mol. The molecule has 0 fully saturated rings. The van der Waals surface area contributed by atoms with E-state index in [1.54, 1.807) is 6.07 Å². The number of anilines is 1. The van der Waals surface area contributed by atoms with E-state index < -0.39 is 5.97 Å². The first-order valence-electron chi connectivity index (χ1n) is 11.6. The molecule has 1 aliphatic heterocycles. The van der Waals surface area contributed by atoms with E-state index in [0.717, 1.165) is 51.8 Å². The number of benzene rings is 2. The second kappa shape index (κ2) is 11.2. The van der Waals surface area contributed by atoms with Crippen LogP contribution in [0.3, 0.4) is 0 Å². The number of nitrogens with zero attached hydrogens (tertiary/aromatic N) is 2. The van der Waals surface area contributed by atoms with Crippen molar-refractivity contribution in [1.29, 1.82) is 0 Å². The normalized spacial score (nSPS) is 14.2. The largest absolute Gasteiger partial charge is 0.481 e. The molecule has 2 N–H and O–H groups in total. The van der Waals surface area contributed by atoms with Crippen LogP contribution in [0.15, 0.2) is 59.1 Å². The second-order valence-corrected chi connectivity index (χ2v) is 9.99. The summed E-state index contributed by atoms with van der Waals surface area (Å²) >= 11 is 9.93. The van der Waals surface area contributed by atoms with Gasteiger partial charge >= 0.3 is 5.97 Å². The fraction of sp³-hybridized carbons (Fsp3) is 0.296. The van der Waals surface area contributed by atoms with E-state index in [4.69, 9.17) is 16.6 Å². The van der Waals surface area contributed by atoms with Gasteiger partial charge in [-0.15, -0.1) is 0 Å². The molecule has 0 radical (unpaired) electrons. The Balaban J connectivity index is 1.68. The number of aliphatic carboxylic acids is 1. The van der Waals surface area contributed by atoms with Crippen molar-refractivity contribution in [2.75, 3.05) is 24.5 Å². The van der Waals surface area contributed by atoms with Crippen LogP contribution in [-0.2, 0) is 4.79 Å². The maximum atomic E-state index is 13.6. The lowest BCUT2D eigenvalue weighted by molar-refractivity contribution is -0.137. The van der Waals surface area contributed by atoms with Crippen LogP contribution in [0.5, 0.6) is 0 Å². The van der Waals surface area contributed by atoms with Crippen molar-refractivity contribution < 1.29 is 14.7 Å². The van der Waals surface area contributed by atoms with E-state index in [0.29, 0.717) is 17.0 Å². The van der Waals surface area contributed by atoms with Gasteiger partial charge < -0.3 is 15.3 Å². The van der Waals surface area contributed by atoms with Crippen molar-refractivity contribution in [2.24, 2.45) is 0 Å². The third-order valence-electron chi connectivity index (χ3n) is 6.31. The lowest BCUT2D eigenvalue weighted by Gasteiger charge is -2.27. The zero-order valence-corrected chi connectivity index (χ0v) is 21.8. The highest BCUT2D eigenvalue weighted by Gasteiger charge is 2.23. The number of rotatable bonds is 8. The Labute approximate surface area is 218 Å². The highest BCUT2D eigenvalue weighted by molar-refractivity contribution is 9.10. The molecule has 0 spiro atoms. The Kier molecular flexibility index (Phi) is 8.08. The van der Waals surface area contributed by atoms with Crippen LogP contribution in [-0.4, -0.2) is 41.6 Å². The van der Waals surface area contributed by atoms with Gasteiger partial charge in [0, 0.05) is 52.4 Å². The highest BCUT2D eigenvalue weighted by atomic mass is 79.9. The zero-order chi connectivity index (χ0) is 24.9. The molecule has 0 saturated carbocycles. The number of carbonyl (C=O) groups excluding carboxylic acids is 1. The fourth-order valence-corrected chi connectivity index (χ4v) is 5.18. The molecule has 0 saturated heterocycles. The van der Waals surface area contributed by atoms with Gasteiger partial charge in [-0.1, -0.05) is 57.9 Å². The Bertz CT molecular complexity index is 1290. The Hall–Kier alpha value is -2.90. The van der Waals surface area contributed by atoms with Gasteiger partial charge in [-0.3, -0.25) is 9.59 Å². The molecule has 3 aromatic rings. The average Bonchev–Trinajstić information content (AvgIpc) is 2.84. The van der Waals surface area contributed by atoms with Gasteiger partial charge in [0.2, 0.25) is 0 Å². The molecule has 2 heterocycles. The minimum Gasteiger partial charge on any atom is -0.481 e. The average molecular weight is 557 g/mol. The van der Waals surface area contributed by atoms with Crippen LogP contribution in [0, 0.1) is 6.92 Å². The molecular formula is C27H27BrClN3O3. The molecular weight excluding hydrogens is 530 g/mol. The van der Waals surface area contributed by atoms with E-state index in [9.17, 15) is 14.7 Å². The van der Waals surface area contributed by atoms with Crippen molar-refractivity contribution in [3.05, 3.63) is 80.8 Å². The summed E-state index contributed by atoms with van der Waals surface area (Å²) in [5.74, 6) is -0.512. The summed E-state index contributed by atoms with van der Waals surface area (Å²) < 4.78 is 0.865. The number of carbonyl (C=O) groups is 2. The van der Waals surface area contributed by atoms with Crippen molar-refractivity contribution in [3.63, 3.8) is 0 Å². The molecule has 1 aliphatic rings. The molecule has 0 aliphatic carbocycles. The number of fused-ring (bicyclic) bond motifs is 1. The summed E-state index contributed by atoms with van der Waals surface area (Å²) in [6.45, 7) is 3.80. The molecule has 8 heteroatoms. The Morgan fingerprint density at radius 2 is 2.03 bits per heavy atom. The smallest absolute Gasteiger partial charge is 0.303 e. The Morgan fingerprint density at radius 1 is 1.23 bits per heavy atom. The van der Waals surface area contributed by atoms with E-state index in [-0.39, 0.29) is 24.8 Å². The van der Waals surface area contributed by atoms with Gasteiger partial charge in [0.1, 0.15) is 5.82 Å². The van der Waals surface area contributed by atoms with Gasteiger partial charge in [-0.05, 0) is 49.6 Å².